The third-order valence-corrected chi connectivity index (χ3v) is 7.16. The van der Waals surface area contributed by atoms with Crippen LogP contribution in [0.25, 0.3) is 21.7 Å². The second-order valence-electron chi connectivity index (χ2n) is 8.96. The lowest BCUT2D eigenvalue weighted by atomic mass is 9.86. The van der Waals surface area contributed by atoms with Crippen LogP contribution in [0.4, 0.5) is 0 Å². The molecule has 1 fully saturated rings. The van der Waals surface area contributed by atoms with Crippen LogP contribution < -0.4 is 9.47 Å². The number of hydrogen-bond acceptors (Lipinski definition) is 4. The summed E-state index contributed by atoms with van der Waals surface area (Å²) < 4.78 is 11.1. The Bertz CT molecular complexity index is 1490. The van der Waals surface area contributed by atoms with Crippen molar-refractivity contribution in [3.63, 3.8) is 0 Å². The molecule has 1 N–H and O–H groups in total. The summed E-state index contributed by atoms with van der Waals surface area (Å²) in [5.41, 5.74) is 3.99. The van der Waals surface area contributed by atoms with Crippen molar-refractivity contribution in [1.82, 2.24) is 14.8 Å². The molecule has 0 unspecified atom stereocenters. The van der Waals surface area contributed by atoms with Gasteiger partial charge in [0, 0.05) is 29.9 Å². The number of ether oxygens (including phenoxy) is 2. The molecule has 33 heavy (non-hydrogen) atoms. The SMILES string of the molecule is CN1CC(=O)N2[C@H](c3ccc4c(c3)OCO4)c3[nH]c4c(ccc5ccccc54)c3C[C@@H]2C1=O. The Morgan fingerprint density at radius 2 is 1.82 bits per heavy atom. The summed E-state index contributed by atoms with van der Waals surface area (Å²) in [6.07, 6.45) is 0.490. The molecule has 0 radical (unpaired) electrons. The van der Waals surface area contributed by atoms with Crippen molar-refractivity contribution in [1.29, 1.82) is 0 Å². The quantitative estimate of drug-likeness (QED) is 0.494. The molecule has 1 saturated heterocycles. The van der Waals surface area contributed by atoms with Gasteiger partial charge in [-0.05, 0) is 28.6 Å². The fourth-order valence-electron chi connectivity index (χ4n) is 5.63. The van der Waals surface area contributed by atoms with Crippen molar-refractivity contribution in [2.75, 3.05) is 20.4 Å². The number of amides is 2. The monoisotopic (exact) mass is 439 g/mol. The van der Waals surface area contributed by atoms with Gasteiger partial charge in [-0.15, -0.1) is 0 Å². The number of rotatable bonds is 1. The van der Waals surface area contributed by atoms with Crippen molar-refractivity contribution >= 4 is 33.5 Å². The molecule has 7 nitrogen and oxygen atoms in total. The average molecular weight is 439 g/mol. The zero-order valence-electron chi connectivity index (χ0n) is 18.0. The Morgan fingerprint density at radius 3 is 2.73 bits per heavy atom. The maximum Gasteiger partial charge on any atom is 0.245 e. The maximum absolute atomic E-state index is 13.3. The van der Waals surface area contributed by atoms with Crippen LogP contribution in [0.2, 0.25) is 0 Å². The van der Waals surface area contributed by atoms with Gasteiger partial charge in [-0.2, -0.15) is 0 Å². The molecule has 164 valence electrons. The molecule has 0 spiro atoms. The van der Waals surface area contributed by atoms with Gasteiger partial charge in [0.25, 0.3) is 0 Å². The number of benzene rings is 3. The normalized spacial score (nSPS) is 21.6. The van der Waals surface area contributed by atoms with Crippen LogP contribution >= 0.6 is 0 Å². The van der Waals surface area contributed by atoms with Crippen LogP contribution in [0.3, 0.4) is 0 Å². The zero-order valence-corrected chi connectivity index (χ0v) is 18.0. The van der Waals surface area contributed by atoms with Gasteiger partial charge in [0.1, 0.15) is 6.04 Å². The molecule has 0 bridgehead atoms. The summed E-state index contributed by atoms with van der Waals surface area (Å²) in [7, 11) is 1.70. The molecule has 2 amide bonds. The van der Waals surface area contributed by atoms with Crippen LogP contribution in [0, 0.1) is 0 Å². The number of H-pyrrole nitrogens is 1. The van der Waals surface area contributed by atoms with Gasteiger partial charge in [0.2, 0.25) is 18.6 Å². The Labute approximate surface area is 189 Å². The fraction of sp³-hybridized carbons (Fsp3) is 0.231. The molecular weight excluding hydrogens is 418 g/mol. The average Bonchev–Trinajstić information content (AvgIpc) is 3.45. The van der Waals surface area contributed by atoms with Crippen LogP contribution in [-0.2, 0) is 16.0 Å². The molecule has 0 saturated carbocycles. The summed E-state index contributed by atoms with van der Waals surface area (Å²) in [4.78, 5) is 33.5. The molecule has 4 aromatic rings. The summed E-state index contributed by atoms with van der Waals surface area (Å²) >= 11 is 0. The molecular formula is C26H21N3O4. The topological polar surface area (TPSA) is 74.9 Å². The lowest BCUT2D eigenvalue weighted by Crippen LogP contribution is -2.62. The van der Waals surface area contributed by atoms with Crippen molar-refractivity contribution in [3.05, 3.63) is 71.4 Å². The van der Waals surface area contributed by atoms with Crippen molar-refractivity contribution in [2.45, 2.75) is 18.5 Å². The van der Waals surface area contributed by atoms with E-state index in [9.17, 15) is 9.59 Å². The van der Waals surface area contributed by atoms with Gasteiger partial charge in [-0.1, -0.05) is 42.5 Å². The van der Waals surface area contributed by atoms with Gasteiger partial charge in [0.15, 0.2) is 11.5 Å². The zero-order chi connectivity index (χ0) is 22.3. The third kappa shape index (κ3) is 2.50. The number of likely N-dealkylation sites (N-methyl/N-ethyl adjacent to an activating group) is 1. The number of fused-ring (bicyclic) bond motifs is 7. The first-order chi connectivity index (χ1) is 16.1. The molecule has 7 heteroatoms. The second-order valence-corrected chi connectivity index (χ2v) is 8.96. The Balaban J connectivity index is 1.51. The molecule has 3 aromatic carbocycles. The number of aromatic nitrogens is 1. The van der Waals surface area contributed by atoms with E-state index in [1.165, 1.54) is 4.90 Å². The van der Waals surface area contributed by atoms with E-state index in [4.69, 9.17) is 9.47 Å². The molecule has 2 atom stereocenters. The summed E-state index contributed by atoms with van der Waals surface area (Å²) in [5.74, 6) is 1.26. The number of nitrogens with one attached hydrogen (secondary N) is 1. The molecule has 1 aromatic heterocycles. The van der Waals surface area contributed by atoms with Gasteiger partial charge in [-0.3, -0.25) is 9.59 Å². The van der Waals surface area contributed by atoms with Gasteiger partial charge >= 0.3 is 0 Å². The summed E-state index contributed by atoms with van der Waals surface area (Å²) in [6, 6.07) is 17.3. The first kappa shape index (κ1) is 18.6. The Hall–Kier alpha value is -4.00. The molecule has 0 aliphatic carbocycles. The minimum Gasteiger partial charge on any atom is -0.454 e. The van der Waals surface area contributed by atoms with E-state index in [0.717, 1.165) is 38.5 Å². The third-order valence-electron chi connectivity index (χ3n) is 7.16. The predicted octanol–water partition coefficient (Wildman–Crippen LogP) is 3.36. The number of carbonyl (C=O) groups is 2. The number of nitrogens with zero attached hydrogens (tertiary/aromatic N) is 2. The lowest BCUT2D eigenvalue weighted by Gasteiger charge is -2.46. The van der Waals surface area contributed by atoms with E-state index >= 15 is 0 Å². The molecule has 4 heterocycles. The maximum atomic E-state index is 13.3. The van der Waals surface area contributed by atoms with Crippen molar-refractivity contribution in [3.8, 4) is 11.5 Å². The lowest BCUT2D eigenvalue weighted by molar-refractivity contribution is -0.157. The smallest absolute Gasteiger partial charge is 0.245 e. The van der Waals surface area contributed by atoms with Crippen molar-refractivity contribution < 1.29 is 19.1 Å². The molecule has 3 aliphatic rings. The number of piperazine rings is 1. The van der Waals surface area contributed by atoms with Crippen LogP contribution in [0.5, 0.6) is 11.5 Å². The highest BCUT2D eigenvalue weighted by atomic mass is 16.7. The van der Waals surface area contributed by atoms with Gasteiger partial charge < -0.3 is 24.3 Å². The Kier molecular flexibility index (Phi) is 3.66. The highest BCUT2D eigenvalue weighted by Gasteiger charge is 2.47. The largest absolute Gasteiger partial charge is 0.454 e. The van der Waals surface area contributed by atoms with E-state index in [-0.39, 0.29) is 25.2 Å². The van der Waals surface area contributed by atoms with Crippen molar-refractivity contribution in [2.24, 2.45) is 0 Å². The fourth-order valence-corrected chi connectivity index (χ4v) is 5.63. The first-order valence-corrected chi connectivity index (χ1v) is 11.1. The highest BCUT2D eigenvalue weighted by molar-refractivity contribution is 6.08. The number of hydrogen-bond donors (Lipinski definition) is 1. The van der Waals surface area contributed by atoms with E-state index in [1.54, 1.807) is 11.9 Å². The van der Waals surface area contributed by atoms with Gasteiger partial charge in [0.05, 0.1) is 18.1 Å². The van der Waals surface area contributed by atoms with Gasteiger partial charge in [-0.25, -0.2) is 0 Å². The molecule has 7 rings (SSSR count). The van der Waals surface area contributed by atoms with Crippen LogP contribution in [-0.4, -0.2) is 53.0 Å². The number of aromatic amines is 1. The van der Waals surface area contributed by atoms with E-state index in [1.807, 2.05) is 30.3 Å². The standard InChI is InChI=1S/C26H21N3O4/c1-28-12-22(30)29-19(26(28)31)11-18-17-8-6-14-4-2-3-5-16(14)23(17)27-24(18)25(29)15-7-9-20-21(10-15)33-13-32-20/h2-10,19,25,27H,11-13H2,1H3/t19-,25-/m1/s1. The van der Waals surface area contributed by atoms with E-state index < -0.39 is 12.1 Å². The van der Waals surface area contributed by atoms with Crippen LogP contribution in [0.1, 0.15) is 22.9 Å². The second kappa shape index (κ2) is 6.51. The Morgan fingerprint density at radius 1 is 0.970 bits per heavy atom. The molecule has 3 aliphatic heterocycles. The first-order valence-electron chi connectivity index (χ1n) is 11.1. The minimum absolute atomic E-state index is 0.0267. The van der Waals surface area contributed by atoms with Crippen LogP contribution in [0.15, 0.2) is 54.6 Å². The minimum atomic E-state index is -0.537. The highest BCUT2D eigenvalue weighted by Crippen LogP contribution is 2.45. The summed E-state index contributed by atoms with van der Waals surface area (Å²) in [6.45, 7) is 0.260. The van der Waals surface area contributed by atoms with E-state index in [2.05, 4.69) is 29.2 Å². The predicted molar refractivity (Wildman–Crippen MR) is 122 cm³/mol. The number of carbonyl (C=O) groups excluding carboxylic acids is 2. The van der Waals surface area contributed by atoms with E-state index in [0.29, 0.717) is 17.9 Å². The summed E-state index contributed by atoms with van der Waals surface area (Å²) in [5, 5.41) is 3.37.